The lowest BCUT2D eigenvalue weighted by atomic mass is 9.34. The molecule has 0 radical (unpaired) electrons. The number of benzene rings is 2. The van der Waals surface area contributed by atoms with Gasteiger partial charge in [0.05, 0.1) is 26.4 Å². The molecule has 6 rings (SSSR count). The predicted octanol–water partition coefficient (Wildman–Crippen LogP) is 3.15. The van der Waals surface area contributed by atoms with Gasteiger partial charge in [-0.05, 0) is 22.3 Å². The molecule has 1 saturated carbocycles. The third-order valence-corrected chi connectivity index (χ3v) is 6.91. The Morgan fingerprint density at radius 1 is 0.682 bits per heavy atom. The summed E-state index contributed by atoms with van der Waals surface area (Å²) in [7, 11) is 0. The fraction of sp³-hybridized carbons (Fsp3) is 0.400. The van der Waals surface area contributed by atoms with E-state index in [2.05, 4.69) is 48.5 Å². The van der Waals surface area contributed by atoms with Gasteiger partial charge in [-0.2, -0.15) is 0 Å². The Kier molecular flexibility index (Phi) is 1.96. The number of hydrogen-bond acceptors (Lipinski definition) is 2. The molecule has 2 aliphatic heterocycles. The predicted molar refractivity (Wildman–Crippen MR) is 83.9 cm³/mol. The highest BCUT2D eigenvalue weighted by atomic mass is 16.5. The molecule has 4 unspecified atom stereocenters. The largest absolute Gasteiger partial charge is 0.380 e. The van der Waals surface area contributed by atoms with Crippen molar-refractivity contribution in [3.05, 3.63) is 59.7 Å². The van der Waals surface area contributed by atoms with E-state index in [0.717, 1.165) is 26.4 Å². The topological polar surface area (TPSA) is 18.5 Å². The Morgan fingerprint density at radius 2 is 1.14 bits per heavy atom. The molecule has 2 heterocycles. The average Bonchev–Trinajstić information content (AvgIpc) is 3.13. The molecular weight excluding hydrogens is 272 g/mol. The van der Waals surface area contributed by atoms with Gasteiger partial charge in [0.25, 0.3) is 0 Å². The monoisotopic (exact) mass is 290 g/mol. The fourth-order valence-corrected chi connectivity index (χ4v) is 6.18. The Hall–Kier alpha value is -1.64. The van der Waals surface area contributed by atoms with E-state index in [9.17, 15) is 0 Å². The van der Waals surface area contributed by atoms with Crippen LogP contribution in [-0.4, -0.2) is 26.4 Å². The van der Waals surface area contributed by atoms with Crippen LogP contribution in [0.2, 0.25) is 0 Å². The van der Waals surface area contributed by atoms with Crippen molar-refractivity contribution in [1.29, 1.82) is 0 Å². The molecule has 2 heteroatoms. The minimum atomic E-state index is 0.138. The molecule has 4 aliphatic rings. The number of rotatable bonds is 0. The highest BCUT2D eigenvalue weighted by Crippen LogP contribution is 2.74. The molecule has 2 aliphatic carbocycles. The van der Waals surface area contributed by atoms with Crippen LogP contribution in [0.1, 0.15) is 11.1 Å². The normalized spacial score (nSPS) is 40.0. The van der Waals surface area contributed by atoms with E-state index >= 15 is 0 Å². The minimum absolute atomic E-state index is 0.138. The van der Waals surface area contributed by atoms with Gasteiger partial charge in [-0.1, -0.05) is 48.5 Å². The molecule has 2 aromatic carbocycles. The van der Waals surface area contributed by atoms with Crippen LogP contribution in [0.4, 0.5) is 0 Å². The Bertz CT molecular complexity index is 730. The SMILES string of the molecule is c1ccc2c(c1)-c1ccccc1C13COCC1C1COCC213. The molecule has 0 aromatic heterocycles. The third-order valence-electron chi connectivity index (χ3n) is 6.91. The van der Waals surface area contributed by atoms with Gasteiger partial charge in [0.15, 0.2) is 0 Å². The number of hydrogen-bond donors (Lipinski definition) is 0. The van der Waals surface area contributed by atoms with Gasteiger partial charge in [0, 0.05) is 22.7 Å². The fourth-order valence-electron chi connectivity index (χ4n) is 6.18. The van der Waals surface area contributed by atoms with Crippen molar-refractivity contribution in [2.75, 3.05) is 26.4 Å². The van der Waals surface area contributed by atoms with Gasteiger partial charge in [-0.15, -0.1) is 0 Å². The molecular formula is C20H18O2. The van der Waals surface area contributed by atoms with Crippen molar-refractivity contribution >= 4 is 0 Å². The summed E-state index contributed by atoms with van der Waals surface area (Å²) in [4.78, 5) is 0. The Labute approximate surface area is 130 Å². The molecule has 4 atom stereocenters. The Morgan fingerprint density at radius 3 is 1.64 bits per heavy atom. The summed E-state index contributed by atoms with van der Waals surface area (Å²) < 4.78 is 12.1. The Balaban J connectivity index is 1.77. The molecule has 2 spiro atoms. The van der Waals surface area contributed by atoms with Crippen molar-refractivity contribution < 1.29 is 9.47 Å². The molecule has 2 saturated heterocycles. The summed E-state index contributed by atoms with van der Waals surface area (Å²) in [5, 5.41) is 0. The number of ether oxygens (including phenoxy) is 2. The molecule has 0 bridgehead atoms. The maximum atomic E-state index is 6.04. The first kappa shape index (κ1) is 11.9. The van der Waals surface area contributed by atoms with E-state index in [4.69, 9.17) is 9.47 Å². The third kappa shape index (κ3) is 0.974. The summed E-state index contributed by atoms with van der Waals surface area (Å²) >= 11 is 0. The molecule has 2 nitrogen and oxygen atoms in total. The van der Waals surface area contributed by atoms with E-state index < -0.39 is 0 Å². The van der Waals surface area contributed by atoms with Crippen LogP contribution in [-0.2, 0) is 20.3 Å². The van der Waals surface area contributed by atoms with Crippen LogP contribution in [0.5, 0.6) is 0 Å². The van der Waals surface area contributed by atoms with E-state index in [0.29, 0.717) is 11.8 Å². The zero-order valence-corrected chi connectivity index (χ0v) is 12.4. The van der Waals surface area contributed by atoms with Crippen LogP contribution in [0.3, 0.4) is 0 Å². The number of fused-ring (bicyclic) bond motifs is 4. The molecule has 110 valence electrons. The van der Waals surface area contributed by atoms with E-state index in [1.54, 1.807) is 0 Å². The van der Waals surface area contributed by atoms with Gasteiger partial charge in [0.2, 0.25) is 0 Å². The maximum absolute atomic E-state index is 6.04. The zero-order valence-electron chi connectivity index (χ0n) is 12.4. The molecule has 2 aromatic rings. The summed E-state index contributed by atoms with van der Waals surface area (Å²) in [5.41, 5.74) is 6.09. The standard InChI is InChI=1S/C20H18O2/c1-3-7-15-13(5-1)14-6-2-4-8-16(14)20-12-22-10-18(20)17-9-21-11-19(15,17)20/h1-8,17-18H,9-12H2. The molecule has 0 amide bonds. The second kappa shape index (κ2) is 3.64. The van der Waals surface area contributed by atoms with Gasteiger partial charge in [-0.3, -0.25) is 0 Å². The molecule has 3 fully saturated rings. The van der Waals surface area contributed by atoms with Gasteiger partial charge >= 0.3 is 0 Å². The quantitative estimate of drug-likeness (QED) is 0.742. The van der Waals surface area contributed by atoms with Gasteiger partial charge in [-0.25, -0.2) is 0 Å². The minimum Gasteiger partial charge on any atom is -0.380 e. The lowest BCUT2D eigenvalue weighted by molar-refractivity contribution is -0.0227. The average molecular weight is 290 g/mol. The highest BCUT2D eigenvalue weighted by Gasteiger charge is 2.78. The van der Waals surface area contributed by atoms with E-state index in [1.807, 2.05) is 0 Å². The summed E-state index contributed by atoms with van der Waals surface area (Å²) in [6.45, 7) is 3.49. The van der Waals surface area contributed by atoms with Crippen molar-refractivity contribution in [1.82, 2.24) is 0 Å². The summed E-state index contributed by atoms with van der Waals surface area (Å²) in [6.07, 6.45) is 0. The van der Waals surface area contributed by atoms with Crippen LogP contribution in [0.25, 0.3) is 11.1 Å². The first-order chi connectivity index (χ1) is 10.9. The van der Waals surface area contributed by atoms with Crippen LogP contribution in [0, 0.1) is 11.8 Å². The lowest BCUT2D eigenvalue weighted by Crippen LogP contribution is -2.71. The summed E-state index contributed by atoms with van der Waals surface area (Å²) in [5.74, 6) is 1.23. The second-order valence-electron chi connectivity index (χ2n) is 7.28. The van der Waals surface area contributed by atoms with E-state index in [-0.39, 0.29) is 10.8 Å². The highest BCUT2D eigenvalue weighted by molar-refractivity contribution is 5.80. The van der Waals surface area contributed by atoms with Crippen LogP contribution in [0.15, 0.2) is 48.5 Å². The molecule has 0 N–H and O–H groups in total. The van der Waals surface area contributed by atoms with Crippen molar-refractivity contribution in [2.24, 2.45) is 11.8 Å². The van der Waals surface area contributed by atoms with Crippen molar-refractivity contribution in [3.63, 3.8) is 0 Å². The van der Waals surface area contributed by atoms with Gasteiger partial charge in [0.1, 0.15) is 0 Å². The lowest BCUT2D eigenvalue weighted by Gasteiger charge is -2.66. The summed E-state index contributed by atoms with van der Waals surface area (Å²) in [6, 6.07) is 17.9. The first-order valence-electron chi connectivity index (χ1n) is 8.24. The maximum Gasteiger partial charge on any atom is 0.0576 e. The zero-order chi connectivity index (χ0) is 14.4. The van der Waals surface area contributed by atoms with Crippen LogP contribution < -0.4 is 0 Å². The van der Waals surface area contributed by atoms with Crippen LogP contribution >= 0.6 is 0 Å². The van der Waals surface area contributed by atoms with E-state index in [1.165, 1.54) is 22.3 Å². The van der Waals surface area contributed by atoms with Crippen molar-refractivity contribution in [2.45, 2.75) is 10.8 Å². The van der Waals surface area contributed by atoms with Gasteiger partial charge < -0.3 is 9.47 Å². The second-order valence-corrected chi connectivity index (χ2v) is 7.28. The molecule has 22 heavy (non-hydrogen) atoms. The van der Waals surface area contributed by atoms with Crippen molar-refractivity contribution in [3.8, 4) is 11.1 Å². The first-order valence-corrected chi connectivity index (χ1v) is 8.24. The smallest absolute Gasteiger partial charge is 0.0576 e.